The van der Waals surface area contributed by atoms with Crippen molar-refractivity contribution in [2.75, 3.05) is 25.6 Å². The van der Waals surface area contributed by atoms with Gasteiger partial charge in [-0.05, 0) is 50.1 Å². The first-order valence-electron chi connectivity index (χ1n) is 9.20. The molecule has 1 atom stereocenters. The molecule has 1 aliphatic rings. The van der Waals surface area contributed by atoms with Gasteiger partial charge in [0.05, 0.1) is 24.8 Å². The van der Waals surface area contributed by atoms with Gasteiger partial charge in [-0.25, -0.2) is 4.99 Å². The van der Waals surface area contributed by atoms with Crippen LogP contribution in [-0.2, 0) is 4.74 Å². The lowest BCUT2D eigenvalue weighted by Gasteiger charge is -2.14. The first-order valence-corrected chi connectivity index (χ1v) is 9.57. The van der Waals surface area contributed by atoms with Crippen molar-refractivity contribution < 1.29 is 14.3 Å². The Morgan fingerprint density at radius 3 is 2.86 bits per heavy atom. The van der Waals surface area contributed by atoms with Crippen LogP contribution in [0.2, 0.25) is 5.02 Å². The first-order chi connectivity index (χ1) is 13.5. The number of carbonyl (C=O) groups is 1. The zero-order chi connectivity index (χ0) is 19.9. The minimum Gasteiger partial charge on any atom is -0.495 e. The van der Waals surface area contributed by atoms with Crippen molar-refractivity contribution in [2.24, 2.45) is 4.99 Å². The summed E-state index contributed by atoms with van der Waals surface area (Å²) in [5.74, 6) is 0.694. The molecule has 2 aromatic carbocycles. The van der Waals surface area contributed by atoms with Gasteiger partial charge in [0, 0.05) is 17.9 Å². The van der Waals surface area contributed by atoms with E-state index in [1.807, 2.05) is 31.2 Å². The Hall–Kier alpha value is -2.57. The Bertz CT molecular complexity index is 864. The number of nitrogens with zero attached hydrogens (tertiary/aromatic N) is 1. The van der Waals surface area contributed by atoms with Crippen molar-refractivity contribution >= 4 is 29.2 Å². The third kappa shape index (κ3) is 5.47. The standard InChI is InChI=1S/C21H24ClN3O3/c1-14-5-3-6-15(11-14)20(26)25-21(23-13-17-7-4-10-28-17)24-16-8-9-19(27-2)18(22)12-16/h3,5-6,8-9,11-12,17H,4,7,10,13H2,1-2H3,(H2,23,24,25,26)/t17-/m0/s1. The van der Waals surface area contributed by atoms with Gasteiger partial charge in [0.1, 0.15) is 5.75 Å². The topological polar surface area (TPSA) is 71.9 Å². The van der Waals surface area contributed by atoms with Crippen LogP contribution in [0.25, 0.3) is 0 Å². The molecule has 148 valence electrons. The number of benzene rings is 2. The van der Waals surface area contributed by atoms with Crippen molar-refractivity contribution in [3.8, 4) is 5.75 Å². The molecule has 1 amide bonds. The predicted molar refractivity (Wildman–Crippen MR) is 112 cm³/mol. The zero-order valence-electron chi connectivity index (χ0n) is 16.0. The molecule has 1 aliphatic heterocycles. The van der Waals surface area contributed by atoms with E-state index in [4.69, 9.17) is 21.1 Å². The second kappa shape index (κ2) is 9.57. The van der Waals surface area contributed by atoms with Gasteiger partial charge in [0.2, 0.25) is 5.96 Å². The van der Waals surface area contributed by atoms with Crippen LogP contribution in [0.4, 0.5) is 5.69 Å². The van der Waals surface area contributed by atoms with Crippen LogP contribution in [0.5, 0.6) is 5.75 Å². The molecule has 28 heavy (non-hydrogen) atoms. The number of ether oxygens (including phenoxy) is 2. The number of amides is 1. The molecule has 1 saturated heterocycles. The monoisotopic (exact) mass is 401 g/mol. The fraction of sp³-hybridized carbons (Fsp3) is 0.333. The molecule has 1 fully saturated rings. The van der Waals surface area contributed by atoms with E-state index in [9.17, 15) is 4.79 Å². The SMILES string of the molecule is COc1ccc(NC(=NC[C@@H]2CCCO2)NC(=O)c2cccc(C)c2)cc1Cl. The van der Waals surface area contributed by atoms with Crippen molar-refractivity contribution in [2.45, 2.75) is 25.9 Å². The summed E-state index contributed by atoms with van der Waals surface area (Å²) in [6.45, 7) is 3.17. The summed E-state index contributed by atoms with van der Waals surface area (Å²) < 4.78 is 10.8. The maximum absolute atomic E-state index is 12.7. The number of hydrogen-bond acceptors (Lipinski definition) is 4. The van der Waals surface area contributed by atoms with Gasteiger partial charge in [-0.3, -0.25) is 10.1 Å². The normalized spacial score (nSPS) is 16.7. The third-order valence-corrected chi connectivity index (χ3v) is 4.70. The van der Waals surface area contributed by atoms with E-state index in [2.05, 4.69) is 15.6 Å². The number of carbonyl (C=O) groups excluding carboxylic acids is 1. The molecule has 0 saturated carbocycles. The highest BCUT2D eigenvalue weighted by Crippen LogP contribution is 2.27. The van der Waals surface area contributed by atoms with Gasteiger partial charge < -0.3 is 14.8 Å². The largest absolute Gasteiger partial charge is 0.495 e. The van der Waals surface area contributed by atoms with E-state index < -0.39 is 0 Å². The van der Waals surface area contributed by atoms with Crippen molar-refractivity contribution in [1.82, 2.24) is 5.32 Å². The van der Waals surface area contributed by atoms with E-state index in [0.717, 1.165) is 25.0 Å². The van der Waals surface area contributed by atoms with E-state index in [-0.39, 0.29) is 12.0 Å². The Morgan fingerprint density at radius 2 is 2.18 bits per heavy atom. The first kappa shape index (κ1) is 20.2. The number of aliphatic imine (C=N–C) groups is 1. The lowest BCUT2D eigenvalue weighted by atomic mass is 10.1. The molecule has 0 bridgehead atoms. The molecule has 0 radical (unpaired) electrons. The highest BCUT2D eigenvalue weighted by atomic mass is 35.5. The fourth-order valence-corrected chi connectivity index (χ4v) is 3.20. The number of anilines is 1. The smallest absolute Gasteiger partial charge is 0.257 e. The van der Waals surface area contributed by atoms with Gasteiger partial charge >= 0.3 is 0 Å². The molecule has 1 heterocycles. The number of halogens is 1. The second-order valence-electron chi connectivity index (χ2n) is 6.62. The van der Waals surface area contributed by atoms with Crippen LogP contribution in [0.15, 0.2) is 47.5 Å². The summed E-state index contributed by atoms with van der Waals surface area (Å²) in [5.41, 5.74) is 2.28. The summed E-state index contributed by atoms with van der Waals surface area (Å²) in [4.78, 5) is 17.2. The number of rotatable bonds is 5. The number of aryl methyl sites for hydroxylation is 1. The Balaban J connectivity index is 1.77. The molecule has 0 aromatic heterocycles. The minimum absolute atomic E-state index is 0.0760. The van der Waals surface area contributed by atoms with Crippen molar-refractivity contribution in [1.29, 1.82) is 0 Å². The zero-order valence-corrected chi connectivity index (χ0v) is 16.8. The second-order valence-corrected chi connectivity index (χ2v) is 7.03. The summed E-state index contributed by atoms with van der Waals surface area (Å²) >= 11 is 6.20. The predicted octanol–water partition coefficient (Wildman–Crippen LogP) is 4.03. The quantitative estimate of drug-likeness (QED) is 0.586. The summed E-state index contributed by atoms with van der Waals surface area (Å²) in [7, 11) is 1.56. The molecule has 7 heteroatoms. The summed E-state index contributed by atoms with van der Waals surface area (Å²) in [5, 5.41) is 6.45. The molecular weight excluding hydrogens is 378 g/mol. The highest BCUT2D eigenvalue weighted by Gasteiger charge is 2.16. The lowest BCUT2D eigenvalue weighted by molar-refractivity contribution is 0.0975. The molecule has 2 N–H and O–H groups in total. The Kier molecular flexibility index (Phi) is 6.90. The Morgan fingerprint density at radius 1 is 1.32 bits per heavy atom. The van der Waals surface area contributed by atoms with E-state index in [1.165, 1.54) is 0 Å². The van der Waals surface area contributed by atoms with Gasteiger partial charge in [0.15, 0.2) is 0 Å². The van der Waals surface area contributed by atoms with E-state index in [1.54, 1.807) is 25.3 Å². The average Bonchev–Trinajstić information content (AvgIpc) is 3.20. The minimum atomic E-state index is -0.234. The van der Waals surface area contributed by atoms with Crippen LogP contribution in [0, 0.1) is 6.92 Å². The molecule has 0 aliphatic carbocycles. The molecule has 6 nitrogen and oxygen atoms in total. The van der Waals surface area contributed by atoms with Crippen LogP contribution < -0.4 is 15.4 Å². The number of hydrogen-bond donors (Lipinski definition) is 2. The van der Waals surface area contributed by atoms with Crippen LogP contribution in [0.1, 0.15) is 28.8 Å². The van der Waals surface area contributed by atoms with Gasteiger partial charge in [-0.2, -0.15) is 0 Å². The highest BCUT2D eigenvalue weighted by molar-refractivity contribution is 6.32. The number of guanidine groups is 1. The summed E-state index contributed by atoms with van der Waals surface area (Å²) in [6, 6.07) is 12.7. The molecule has 0 unspecified atom stereocenters. The van der Waals surface area contributed by atoms with E-state index in [0.29, 0.717) is 34.5 Å². The molecule has 3 rings (SSSR count). The maximum atomic E-state index is 12.7. The fourth-order valence-electron chi connectivity index (χ4n) is 2.94. The molecular formula is C21H24ClN3O3. The van der Waals surface area contributed by atoms with Gasteiger partial charge in [-0.15, -0.1) is 0 Å². The van der Waals surface area contributed by atoms with Crippen LogP contribution in [-0.4, -0.2) is 38.2 Å². The number of methoxy groups -OCH3 is 1. The van der Waals surface area contributed by atoms with Crippen molar-refractivity contribution in [3.63, 3.8) is 0 Å². The van der Waals surface area contributed by atoms with Gasteiger partial charge in [-0.1, -0.05) is 29.3 Å². The van der Waals surface area contributed by atoms with E-state index >= 15 is 0 Å². The molecule has 2 aromatic rings. The third-order valence-electron chi connectivity index (χ3n) is 4.40. The summed E-state index contributed by atoms with van der Waals surface area (Å²) in [6.07, 6.45) is 2.08. The van der Waals surface area contributed by atoms with Crippen LogP contribution in [0.3, 0.4) is 0 Å². The number of nitrogens with one attached hydrogen (secondary N) is 2. The van der Waals surface area contributed by atoms with Gasteiger partial charge in [0.25, 0.3) is 5.91 Å². The van der Waals surface area contributed by atoms with Crippen LogP contribution >= 0.6 is 11.6 Å². The Labute approximate surface area is 169 Å². The van der Waals surface area contributed by atoms with Crippen molar-refractivity contribution in [3.05, 3.63) is 58.6 Å². The molecule has 0 spiro atoms. The average molecular weight is 402 g/mol. The maximum Gasteiger partial charge on any atom is 0.257 e. The lowest BCUT2D eigenvalue weighted by Crippen LogP contribution is -2.36.